The molecule has 1 amide bonds. The van der Waals surface area contributed by atoms with Crippen LogP contribution in [0.3, 0.4) is 0 Å². The number of fused-ring (bicyclic) bond motifs is 1. The first kappa shape index (κ1) is 23.2. The van der Waals surface area contributed by atoms with Gasteiger partial charge in [-0.25, -0.2) is 0 Å². The molecule has 5 rings (SSSR count). The van der Waals surface area contributed by atoms with Crippen LogP contribution in [0.15, 0.2) is 94.9 Å². The molecule has 0 radical (unpaired) electrons. The maximum Gasteiger partial charge on any atom is 0.256 e. The van der Waals surface area contributed by atoms with E-state index < -0.39 is 0 Å². The van der Waals surface area contributed by atoms with Crippen molar-refractivity contribution < 1.29 is 4.79 Å². The van der Waals surface area contributed by atoms with Crippen LogP contribution in [0.25, 0.3) is 23.1 Å². The van der Waals surface area contributed by atoms with E-state index >= 15 is 0 Å². The molecular formula is C27H18Cl2N4OS. The molecule has 0 aliphatic carbocycles. The summed E-state index contributed by atoms with van der Waals surface area (Å²) in [7, 11) is 0. The highest BCUT2D eigenvalue weighted by molar-refractivity contribution is 7.99. The molecule has 2 N–H and O–H groups in total. The number of carbonyl (C=O) groups excluding carboxylic acids is 1. The van der Waals surface area contributed by atoms with Crippen LogP contribution >= 0.6 is 35.0 Å². The first-order valence-electron chi connectivity index (χ1n) is 10.7. The van der Waals surface area contributed by atoms with Gasteiger partial charge in [0.2, 0.25) is 0 Å². The van der Waals surface area contributed by atoms with Gasteiger partial charge in [0.25, 0.3) is 5.91 Å². The van der Waals surface area contributed by atoms with Gasteiger partial charge in [0.1, 0.15) is 0 Å². The third-order valence-electron chi connectivity index (χ3n) is 5.14. The van der Waals surface area contributed by atoms with Gasteiger partial charge in [-0.15, -0.1) is 0 Å². The number of rotatable bonds is 6. The first-order chi connectivity index (χ1) is 17.0. The smallest absolute Gasteiger partial charge is 0.256 e. The van der Waals surface area contributed by atoms with Gasteiger partial charge in [-0.1, -0.05) is 53.2 Å². The van der Waals surface area contributed by atoms with Crippen molar-refractivity contribution in [3.8, 4) is 0 Å². The van der Waals surface area contributed by atoms with Crippen LogP contribution in [-0.2, 0) is 0 Å². The molecule has 0 spiro atoms. The van der Waals surface area contributed by atoms with Crippen LogP contribution in [-0.4, -0.2) is 21.1 Å². The highest BCUT2D eigenvalue weighted by Crippen LogP contribution is 2.33. The zero-order chi connectivity index (χ0) is 24.2. The van der Waals surface area contributed by atoms with Crippen molar-refractivity contribution >= 4 is 69.6 Å². The van der Waals surface area contributed by atoms with Crippen molar-refractivity contribution in [2.75, 3.05) is 5.32 Å². The van der Waals surface area contributed by atoms with Gasteiger partial charge in [0.05, 0.1) is 22.5 Å². The first-order valence-corrected chi connectivity index (χ1v) is 12.2. The minimum absolute atomic E-state index is 0.240. The number of anilines is 1. The summed E-state index contributed by atoms with van der Waals surface area (Å²) in [4.78, 5) is 19.1. The molecule has 2 heterocycles. The summed E-state index contributed by atoms with van der Waals surface area (Å²) >= 11 is 13.6. The Morgan fingerprint density at radius 1 is 0.914 bits per heavy atom. The fourth-order valence-corrected chi connectivity index (χ4v) is 5.05. The van der Waals surface area contributed by atoms with Gasteiger partial charge in [-0.2, -0.15) is 5.10 Å². The zero-order valence-electron chi connectivity index (χ0n) is 18.2. The molecule has 8 heteroatoms. The monoisotopic (exact) mass is 516 g/mol. The molecule has 0 aliphatic rings. The van der Waals surface area contributed by atoms with Gasteiger partial charge >= 0.3 is 0 Å². The molecule has 5 nitrogen and oxygen atoms in total. The number of pyridine rings is 1. The van der Waals surface area contributed by atoms with Crippen LogP contribution in [0.5, 0.6) is 0 Å². The second-order valence-corrected chi connectivity index (χ2v) is 9.60. The second kappa shape index (κ2) is 10.4. The van der Waals surface area contributed by atoms with Crippen molar-refractivity contribution in [2.45, 2.75) is 9.79 Å². The topological polar surface area (TPSA) is 70.7 Å². The molecule has 0 aliphatic heterocycles. The number of benzene rings is 3. The predicted octanol–water partition coefficient (Wildman–Crippen LogP) is 7.84. The maximum absolute atomic E-state index is 13.0. The fraction of sp³-hybridized carbons (Fsp3) is 0. The van der Waals surface area contributed by atoms with E-state index in [2.05, 4.69) is 20.5 Å². The number of hydrogen-bond donors (Lipinski definition) is 2. The van der Waals surface area contributed by atoms with E-state index in [1.807, 2.05) is 66.7 Å². The minimum Gasteiger partial charge on any atom is -0.322 e. The van der Waals surface area contributed by atoms with E-state index in [0.717, 1.165) is 32.1 Å². The summed E-state index contributed by atoms with van der Waals surface area (Å²) in [6.45, 7) is 0. The number of aromatic amines is 1. The number of nitrogens with zero attached hydrogens (tertiary/aromatic N) is 2. The van der Waals surface area contributed by atoms with Crippen molar-refractivity contribution in [1.82, 2.24) is 15.2 Å². The number of aromatic nitrogens is 3. The Morgan fingerprint density at radius 3 is 2.51 bits per heavy atom. The third kappa shape index (κ3) is 5.57. The van der Waals surface area contributed by atoms with Crippen molar-refractivity contribution in [2.24, 2.45) is 0 Å². The van der Waals surface area contributed by atoms with Crippen molar-refractivity contribution in [1.29, 1.82) is 0 Å². The van der Waals surface area contributed by atoms with Crippen LogP contribution in [0.1, 0.15) is 21.7 Å². The van der Waals surface area contributed by atoms with Gasteiger partial charge in [-0.3, -0.25) is 14.9 Å². The van der Waals surface area contributed by atoms with Crippen molar-refractivity contribution in [3.63, 3.8) is 0 Å². The Kier molecular flexibility index (Phi) is 6.86. The summed E-state index contributed by atoms with van der Waals surface area (Å²) in [5.41, 5.74) is 3.70. The molecule has 0 saturated carbocycles. The van der Waals surface area contributed by atoms with E-state index in [1.165, 1.54) is 11.8 Å². The van der Waals surface area contributed by atoms with Crippen molar-refractivity contribution in [3.05, 3.63) is 112 Å². The lowest BCUT2D eigenvalue weighted by molar-refractivity contribution is 0.102. The van der Waals surface area contributed by atoms with Crippen LogP contribution in [0.2, 0.25) is 10.0 Å². The maximum atomic E-state index is 13.0. The molecule has 5 aromatic rings. The molecule has 172 valence electrons. The molecular weight excluding hydrogens is 499 g/mol. The molecule has 0 fully saturated rings. The Hall–Kier alpha value is -3.58. The summed E-state index contributed by atoms with van der Waals surface area (Å²) < 4.78 is 0. The highest BCUT2D eigenvalue weighted by Gasteiger charge is 2.14. The standard InChI is InChI=1S/C27H18Cl2N4OS/c28-17-13-18(29)15-20(14-17)31-27(34)23-6-1-2-7-26(23)35-21-9-10-22-24(32-33-25(22)16-21)11-8-19-5-3-4-12-30-19/h1-16H,(H,31,34)(H,32,33)/b11-8+. The van der Waals surface area contributed by atoms with Crippen LogP contribution in [0.4, 0.5) is 5.69 Å². The Morgan fingerprint density at radius 2 is 1.71 bits per heavy atom. The summed E-state index contributed by atoms with van der Waals surface area (Å²) in [5.74, 6) is -0.240. The number of hydrogen-bond acceptors (Lipinski definition) is 4. The lowest BCUT2D eigenvalue weighted by Crippen LogP contribution is -2.12. The quantitative estimate of drug-likeness (QED) is 0.241. The SMILES string of the molecule is O=C(Nc1cc(Cl)cc(Cl)c1)c1ccccc1Sc1ccc2c(/C=C/c3ccccn3)n[nH]c2c1. The Bertz CT molecular complexity index is 1530. The Balaban J connectivity index is 1.36. The molecule has 0 bridgehead atoms. The van der Waals surface area contributed by atoms with Gasteiger partial charge in [-0.05, 0) is 72.8 Å². The number of H-pyrrole nitrogens is 1. The van der Waals surface area contributed by atoms with Gasteiger partial charge in [0.15, 0.2) is 0 Å². The summed E-state index contributed by atoms with van der Waals surface area (Å²) in [6, 6.07) is 24.2. The normalized spacial score (nSPS) is 11.3. The molecule has 3 aromatic carbocycles. The fourth-order valence-electron chi connectivity index (χ4n) is 3.54. The average Bonchev–Trinajstić information content (AvgIpc) is 3.25. The largest absolute Gasteiger partial charge is 0.322 e. The Labute approximate surface area is 216 Å². The second-order valence-electron chi connectivity index (χ2n) is 7.61. The minimum atomic E-state index is -0.240. The van der Waals surface area contributed by atoms with Gasteiger partial charge in [0, 0.05) is 37.1 Å². The van der Waals surface area contributed by atoms with E-state index in [4.69, 9.17) is 23.2 Å². The molecule has 0 unspecified atom stereocenters. The highest BCUT2D eigenvalue weighted by atomic mass is 35.5. The number of carbonyl (C=O) groups is 1. The van der Waals surface area contributed by atoms with E-state index in [1.54, 1.807) is 30.5 Å². The van der Waals surface area contributed by atoms with E-state index in [-0.39, 0.29) is 5.91 Å². The van der Waals surface area contributed by atoms with Crippen LogP contribution in [0, 0.1) is 0 Å². The zero-order valence-corrected chi connectivity index (χ0v) is 20.5. The molecule has 0 atom stereocenters. The number of halogens is 2. The molecule has 2 aromatic heterocycles. The summed E-state index contributed by atoms with van der Waals surface area (Å²) in [6.07, 6.45) is 5.63. The van der Waals surface area contributed by atoms with Gasteiger partial charge < -0.3 is 5.32 Å². The van der Waals surface area contributed by atoms with E-state index in [9.17, 15) is 4.79 Å². The third-order valence-corrected chi connectivity index (χ3v) is 6.65. The van der Waals surface area contributed by atoms with Crippen LogP contribution < -0.4 is 5.32 Å². The summed E-state index contributed by atoms with van der Waals surface area (Å²) in [5, 5.41) is 12.3. The average molecular weight is 517 g/mol. The van der Waals surface area contributed by atoms with E-state index in [0.29, 0.717) is 21.3 Å². The lowest BCUT2D eigenvalue weighted by atomic mass is 10.2. The number of amides is 1. The predicted molar refractivity (Wildman–Crippen MR) is 144 cm³/mol. The molecule has 0 saturated heterocycles. The lowest BCUT2D eigenvalue weighted by Gasteiger charge is -2.11. The number of nitrogens with one attached hydrogen (secondary N) is 2. The molecule has 35 heavy (non-hydrogen) atoms.